The third-order valence-electron chi connectivity index (χ3n) is 5.68. The minimum atomic E-state index is -3.52. The average Bonchev–Trinajstić information content (AvgIpc) is 3.49. The number of aromatic nitrogens is 5. The van der Waals surface area contributed by atoms with Gasteiger partial charge in [0.15, 0.2) is 0 Å². The van der Waals surface area contributed by atoms with Crippen LogP contribution < -0.4 is 5.14 Å². The lowest BCUT2D eigenvalue weighted by Gasteiger charge is -1.96. The third-order valence-corrected chi connectivity index (χ3v) is 7.60. The molecule has 3 N–H and O–H groups in total. The average molecular weight is 575 g/mol. The number of sulfonamides is 1. The van der Waals surface area contributed by atoms with Gasteiger partial charge in [0.05, 0.1) is 21.1 Å². The number of aromatic amines is 1. The van der Waals surface area contributed by atoms with E-state index in [1.54, 1.807) is 23.5 Å². The molecule has 0 atom stereocenters. The van der Waals surface area contributed by atoms with Gasteiger partial charge in [-0.3, -0.25) is 4.98 Å². The number of primary sulfonamides is 1. The lowest BCUT2D eigenvalue weighted by molar-refractivity contribution is 0.598. The Kier molecular flexibility index (Phi) is 10.6. The summed E-state index contributed by atoms with van der Waals surface area (Å²) in [7, 11) is -3.52. The number of benzene rings is 3. The summed E-state index contributed by atoms with van der Waals surface area (Å²) in [6, 6.07) is 22.6. The maximum absolute atomic E-state index is 10.7. The van der Waals surface area contributed by atoms with Crippen molar-refractivity contribution in [3.05, 3.63) is 111 Å². The Bertz CT molecular complexity index is 1770. The van der Waals surface area contributed by atoms with E-state index in [1.807, 2.05) is 70.3 Å². The maximum atomic E-state index is 10.7. The highest BCUT2D eigenvalue weighted by atomic mass is 32.2. The number of nitrogens with zero attached hydrogens (tertiary/aromatic N) is 4. The van der Waals surface area contributed by atoms with Gasteiger partial charge in [0, 0.05) is 16.5 Å². The number of nitrogens with two attached hydrogens (primary N) is 1. The summed E-state index contributed by atoms with van der Waals surface area (Å²) < 4.78 is 21.4. The largest absolute Gasteiger partial charge is 0.256 e. The van der Waals surface area contributed by atoms with Crippen molar-refractivity contribution in [2.45, 2.75) is 46.4 Å². The van der Waals surface area contributed by atoms with Gasteiger partial charge in [-0.15, -0.1) is 11.3 Å². The zero-order valence-electron chi connectivity index (χ0n) is 23.5. The first-order chi connectivity index (χ1) is 18.9. The minimum Gasteiger partial charge on any atom is -0.256 e. The van der Waals surface area contributed by atoms with E-state index in [0.29, 0.717) is 0 Å². The summed E-state index contributed by atoms with van der Waals surface area (Å²) in [6.45, 7) is 12.1. The molecule has 3 aromatic heterocycles. The second-order valence-corrected chi connectivity index (χ2v) is 12.2. The molecule has 0 bridgehead atoms. The summed E-state index contributed by atoms with van der Waals surface area (Å²) in [5, 5.41) is 17.7. The zero-order chi connectivity index (χ0) is 29.3. The molecule has 208 valence electrons. The normalized spacial score (nSPS) is 10.6. The second-order valence-electron chi connectivity index (χ2n) is 9.25. The predicted molar refractivity (Wildman–Crippen MR) is 164 cm³/mol. The lowest BCUT2D eigenvalue weighted by Crippen LogP contribution is -2.11. The molecule has 0 fully saturated rings. The van der Waals surface area contributed by atoms with Crippen LogP contribution >= 0.6 is 11.3 Å². The van der Waals surface area contributed by atoms with Crippen LogP contribution in [0.4, 0.5) is 0 Å². The molecular weight excluding hydrogens is 541 g/mol. The summed E-state index contributed by atoms with van der Waals surface area (Å²) in [5.74, 6) is 0. The summed E-state index contributed by atoms with van der Waals surface area (Å²) in [6.07, 6.45) is 1.89. The molecule has 0 saturated carbocycles. The Labute approximate surface area is 239 Å². The lowest BCUT2D eigenvalue weighted by atomic mass is 10.2. The van der Waals surface area contributed by atoms with E-state index in [9.17, 15) is 8.42 Å². The molecule has 40 heavy (non-hydrogen) atoms. The standard InChI is InChI=1S/C10H9N.C7H7N3.C7H9NO2S.C6H9NS/c1-8-6-9-4-2-3-5-10(9)11-7-8;1-5-2-3-6-7(4-5)9-10-8-6;1-6-2-4-7(5-3-6)11(8,9)10;1-4-5(2)8-6(3)7-4/h2-7H,1H3;2-4H,1H3,(H,8,9,10);2-5H,1H3,(H2,8,9,10);1-3H3. The number of rotatable bonds is 1. The molecule has 0 radical (unpaired) electrons. The van der Waals surface area contributed by atoms with E-state index in [4.69, 9.17) is 5.14 Å². The molecule has 0 spiro atoms. The monoisotopic (exact) mass is 574 g/mol. The smallest absolute Gasteiger partial charge is 0.238 e. The van der Waals surface area contributed by atoms with Crippen molar-refractivity contribution in [1.29, 1.82) is 0 Å². The van der Waals surface area contributed by atoms with Crippen molar-refractivity contribution < 1.29 is 8.42 Å². The molecule has 10 heteroatoms. The molecule has 6 rings (SSSR count). The SMILES string of the molecule is Cc1ccc(S(N)(=O)=O)cc1.Cc1ccc2n[nH]nc2c1.Cc1cnc2ccccc2c1.Cc1nc(C)c(C)s1. The second kappa shape index (κ2) is 13.9. The van der Waals surface area contributed by atoms with E-state index in [1.165, 1.54) is 44.2 Å². The fourth-order valence-electron chi connectivity index (χ4n) is 3.49. The van der Waals surface area contributed by atoms with Gasteiger partial charge in [0.1, 0.15) is 11.0 Å². The molecule has 6 aromatic rings. The maximum Gasteiger partial charge on any atom is 0.238 e. The van der Waals surface area contributed by atoms with Crippen molar-refractivity contribution >= 4 is 43.3 Å². The first-order valence-corrected chi connectivity index (χ1v) is 14.9. The zero-order valence-corrected chi connectivity index (χ0v) is 25.1. The Morgan fingerprint density at radius 2 is 1.38 bits per heavy atom. The highest BCUT2D eigenvalue weighted by Crippen LogP contribution is 2.14. The van der Waals surface area contributed by atoms with Crippen molar-refractivity contribution in [1.82, 2.24) is 25.4 Å². The fraction of sp³-hybridized carbons (Fsp3) is 0.200. The number of pyridine rings is 1. The van der Waals surface area contributed by atoms with Gasteiger partial charge in [0.25, 0.3) is 0 Å². The Morgan fingerprint density at radius 1 is 0.725 bits per heavy atom. The molecule has 0 aliphatic rings. The molecule has 0 unspecified atom stereocenters. The van der Waals surface area contributed by atoms with Crippen LogP contribution in [0.1, 0.15) is 32.3 Å². The minimum absolute atomic E-state index is 0.156. The van der Waals surface area contributed by atoms with Gasteiger partial charge in [-0.1, -0.05) is 42.0 Å². The van der Waals surface area contributed by atoms with Crippen LogP contribution in [0.3, 0.4) is 0 Å². The van der Waals surface area contributed by atoms with E-state index in [2.05, 4.69) is 51.4 Å². The topological polar surface area (TPSA) is 128 Å². The van der Waals surface area contributed by atoms with Crippen molar-refractivity contribution in [2.24, 2.45) is 5.14 Å². The molecule has 8 nitrogen and oxygen atoms in total. The van der Waals surface area contributed by atoms with Crippen molar-refractivity contribution in [2.75, 3.05) is 0 Å². The Morgan fingerprint density at radius 3 is 1.98 bits per heavy atom. The number of nitrogens with one attached hydrogen (secondary N) is 1. The molecule has 0 aliphatic heterocycles. The number of thiazole rings is 1. The van der Waals surface area contributed by atoms with Gasteiger partial charge in [-0.05, 0) is 89.1 Å². The number of H-pyrrole nitrogens is 1. The van der Waals surface area contributed by atoms with Crippen molar-refractivity contribution in [3.8, 4) is 0 Å². The highest BCUT2D eigenvalue weighted by Gasteiger charge is 2.04. The number of hydrogen-bond acceptors (Lipinski definition) is 7. The highest BCUT2D eigenvalue weighted by molar-refractivity contribution is 7.89. The first-order valence-electron chi connectivity index (χ1n) is 12.5. The van der Waals surface area contributed by atoms with E-state index >= 15 is 0 Å². The van der Waals surface area contributed by atoms with Crippen LogP contribution in [0.5, 0.6) is 0 Å². The van der Waals surface area contributed by atoms with Crippen LogP contribution in [0.2, 0.25) is 0 Å². The fourth-order valence-corrected chi connectivity index (χ4v) is 4.83. The first kappa shape index (κ1) is 30.6. The predicted octanol–water partition coefficient (Wildman–Crippen LogP) is 6.52. The molecule has 3 heterocycles. The number of para-hydroxylation sites is 1. The van der Waals surface area contributed by atoms with E-state index in [-0.39, 0.29) is 4.90 Å². The summed E-state index contributed by atoms with van der Waals surface area (Å²) in [4.78, 5) is 10.0. The molecular formula is C30H34N6O2S2. The molecule has 0 aliphatic carbocycles. The quantitative estimate of drug-likeness (QED) is 0.230. The van der Waals surface area contributed by atoms with Crippen LogP contribution in [0, 0.1) is 41.5 Å². The van der Waals surface area contributed by atoms with Gasteiger partial charge in [-0.2, -0.15) is 15.4 Å². The summed E-state index contributed by atoms with van der Waals surface area (Å²) >= 11 is 1.76. The van der Waals surface area contributed by atoms with Gasteiger partial charge in [-0.25, -0.2) is 18.5 Å². The summed E-state index contributed by atoms with van der Waals surface area (Å²) in [5.41, 5.74) is 7.53. The Hall–Kier alpha value is -3.99. The van der Waals surface area contributed by atoms with Crippen molar-refractivity contribution in [3.63, 3.8) is 0 Å². The van der Waals surface area contributed by atoms with Crippen LogP contribution in [-0.2, 0) is 10.0 Å². The number of fused-ring (bicyclic) bond motifs is 2. The number of hydrogen-bond donors (Lipinski definition) is 2. The molecule has 3 aromatic carbocycles. The van der Waals surface area contributed by atoms with Crippen LogP contribution in [0.25, 0.3) is 21.9 Å². The number of aryl methyl sites for hydroxylation is 6. The van der Waals surface area contributed by atoms with Crippen LogP contribution in [-0.4, -0.2) is 33.8 Å². The Balaban J connectivity index is 0.000000148. The van der Waals surface area contributed by atoms with Crippen LogP contribution in [0.15, 0.2) is 83.9 Å². The van der Waals surface area contributed by atoms with Gasteiger partial charge in [0.2, 0.25) is 10.0 Å². The molecule has 0 amide bonds. The third kappa shape index (κ3) is 9.33. The van der Waals surface area contributed by atoms with E-state index < -0.39 is 10.0 Å². The van der Waals surface area contributed by atoms with Gasteiger partial charge < -0.3 is 0 Å². The molecule has 0 saturated heterocycles. The van der Waals surface area contributed by atoms with Gasteiger partial charge >= 0.3 is 0 Å². The van der Waals surface area contributed by atoms with E-state index in [0.717, 1.165) is 22.1 Å².